The standard InChI is InChI=1S/C11H14N6O3/c12-16-14-8-2-1-7-13-11(18)15-9-3-5-10(6-4-9)17(19)20/h3-6H,1-2,7-8H2,(H2,13,15,18). The molecule has 2 N–H and O–H groups in total. The van der Waals surface area contributed by atoms with Gasteiger partial charge in [0.1, 0.15) is 0 Å². The second kappa shape index (κ2) is 8.33. The molecule has 0 saturated carbocycles. The van der Waals surface area contributed by atoms with Crippen LogP contribution in [0.1, 0.15) is 12.8 Å². The lowest BCUT2D eigenvalue weighted by Gasteiger charge is -2.06. The number of carbonyl (C=O) groups excluding carboxylic acids is 1. The monoisotopic (exact) mass is 278 g/mol. The van der Waals surface area contributed by atoms with Crippen molar-refractivity contribution in [1.82, 2.24) is 5.32 Å². The van der Waals surface area contributed by atoms with Crippen molar-refractivity contribution in [3.63, 3.8) is 0 Å². The van der Waals surface area contributed by atoms with Crippen molar-refractivity contribution in [2.45, 2.75) is 12.8 Å². The maximum Gasteiger partial charge on any atom is 0.319 e. The van der Waals surface area contributed by atoms with Gasteiger partial charge in [-0.1, -0.05) is 5.11 Å². The average Bonchev–Trinajstić information content (AvgIpc) is 2.43. The van der Waals surface area contributed by atoms with E-state index in [0.29, 0.717) is 31.6 Å². The van der Waals surface area contributed by atoms with Gasteiger partial charge >= 0.3 is 6.03 Å². The van der Waals surface area contributed by atoms with Gasteiger partial charge in [-0.05, 0) is 30.5 Å². The molecule has 9 heteroatoms. The summed E-state index contributed by atoms with van der Waals surface area (Å²) in [6, 6.07) is 5.16. The Kier molecular flexibility index (Phi) is 6.35. The minimum atomic E-state index is -0.506. The predicted octanol–water partition coefficient (Wildman–Crippen LogP) is 2.81. The maximum atomic E-state index is 11.5. The largest absolute Gasteiger partial charge is 0.338 e. The highest BCUT2D eigenvalue weighted by Crippen LogP contribution is 2.15. The van der Waals surface area contributed by atoms with Gasteiger partial charge in [0.05, 0.1) is 4.92 Å². The SMILES string of the molecule is [N-]=[N+]=NCCCCNC(=O)Nc1ccc([N+](=O)[O-])cc1. The highest BCUT2D eigenvalue weighted by atomic mass is 16.6. The molecule has 0 aliphatic heterocycles. The van der Waals surface area contributed by atoms with Gasteiger partial charge in [0.2, 0.25) is 0 Å². The lowest BCUT2D eigenvalue weighted by molar-refractivity contribution is -0.384. The molecule has 0 unspecified atom stereocenters. The molecular formula is C11H14N6O3. The highest BCUT2D eigenvalue weighted by molar-refractivity contribution is 5.89. The Hall–Kier alpha value is -2.80. The van der Waals surface area contributed by atoms with Crippen molar-refractivity contribution in [2.75, 3.05) is 18.4 Å². The summed E-state index contributed by atoms with van der Waals surface area (Å²) in [5, 5.41) is 19.0. The molecule has 20 heavy (non-hydrogen) atoms. The summed E-state index contributed by atoms with van der Waals surface area (Å²) in [4.78, 5) is 24.1. The van der Waals surface area contributed by atoms with Gasteiger partial charge in [-0.15, -0.1) is 0 Å². The van der Waals surface area contributed by atoms with Gasteiger partial charge in [-0.25, -0.2) is 4.79 Å². The third-order valence-electron chi connectivity index (χ3n) is 2.37. The molecule has 0 bridgehead atoms. The van der Waals surface area contributed by atoms with E-state index < -0.39 is 4.92 Å². The number of hydrogen-bond acceptors (Lipinski definition) is 4. The third-order valence-corrected chi connectivity index (χ3v) is 2.37. The van der Waals surface area contributed by atoms with Crippen LogP contribution in [-0.4, -0.2) is 24.0 Å². The van der Waals surface area contributed by atoms with Crippen LogP contribution in [0.15, 0.2) is 29.4 Å². The van der Waals surface area contributed by atoms with Gasteiger partial charge in [-0.3, -0.25) is 10.1 Å². The van der Waals surface area contributed by atoms with Crippen LogP contribution >= 0.6 is 0 Å². The first kappa shape index (κ1) is 15.3. The number of carbonyl (C=O) groups is 1. The molecule has 0 aliphatic carbocycles. The maximum absolute atomic E-state index is 11.5. The molecule has 0 heterocycles. The van der Waals surface area contributed by atoms with Crippen LogP contribution in [0.4, 0.5) is 16.2 Å². The van der Waals surface area contributed by atoms with Crippen LogP contribution in [0.3, 0.4) is 0 Å². The summed E-state index contributed by atoms with van der Waals surface area (Å²) in [6.07, 6.45) is 1.40. The van der Waals surface area contributed by atoms with Crippen LogP contribution in [0.5, 0.6) is 0 Å². The number of hydrogen-bond donors (Lipinski definition) is 2. The quantitative estimate of drug-likeness (QED) is 0.198. The van der Waals surface area contributed by atoms with Crippen molar-refractivity contribution in [3.8, 4) is 0 Å². The molecule has 0 atom stereocenters. The summed E-state index contributed by atoms with van der Waals surface area (Å²) < 4.78 is 0. The number of rotatable bonds is 7. The molecule has 106 valence electrons. The zero-order valence-corrected chi connectivity index (χ0v) is 10.7. The summed E-state index contributed by atoms with van der Waals surface area (Å²) >= 11 is 0. The number of azide groups is 1. The minimum Gasteiger partial charge on any atom is -0.338 e. The Morgan fingerprint density at radius 1 is 1.35 bits per heavy atom. The number of unbranched alkanes of at least 4 members (excludes halogenated alkanes) is 1. The Bertz CT molecular complexity index is 509. The topological polar surface area (TPSA) is 133 Å². The first-order chi connectivity index (χ1) is 9.63. The Morgan fingerprint density at radius 2 is 2.05 bits per heavy atom. The van der Waals surface area contributed by atoms with Crippen LogP contribution in [0.2, 0.25) is 0 Å². The Morgan fingerprint density at radius 3 is 2.65 bits per heavy atom. The second-order valence-electron chi connectivity index (χ2n) is 3.85. The van der Waals surface area contributed by atoms with Crippen LogP contribution in [0.25, 0.3) is 10.4 Å². The molecule has 1 rings (SSSR count). The van der Waals surface area contributed by atoms with Gasteiger partial charge in [0.25, 0.3) is 5.69 Å². The lowest BCUT2D eigenvalue weighted by Crippen LogP contribution is -2.29. The zero-order chi connectivity index (χ0) is 14.8. The lowest BCUT2D eigenvalue weighted by atomic mass is 10.3. The van der Waals surface area contributed by atoms with Crippen molar-refractivity contribution in [3.05, 3.63) is 44.8 Å². The predicted molar refractivity (Wildman–Crippen MR) is 73.4 cm³/mol. The normalized spacial score (nSPS) is 9.40. The molecule has 9 nitrogen and oxygen atoms in total. The molecule has 1 aromatic carbocycles. The van der Waals surface area contributed by atoms with Crippen molar-refractivity contribution in [1.29, 1.82) is 0 Å². The van der Waals surface area contributed by atoms with E-state index in [0.717, 1.165) is 0 Å². The highest BCUT2D eigenvalue weighted by Gasteiger charge is 2.05. The van der Waals surface area contributed by atoms with E-state index in [4.69, 9.17) is 5.53 Å². The number of nitro groups is 1. The molecule has 1 aromatic rings. The van der Waals surface area contributed by atoms with Crippen molar-refractivity contribution in [2.24, 2.45) is 5.11 Å². The third kappa shape index (κ3) is 5.69. The number of anilines is 1. The van der Waals surface area contributed by atoms with E-state index in [9.17, 15) is 14.9 Å². The summed E-state index contributed by atoms with van der Waals surface area (Å²) in [5.74, 6) is 0. The van der Waals surface area contributed by atoms with Gasteiger partial charge < -0.3 is 10.6 Å². The fourth-order valence-corrected chi connectivity index (χ4v) is 1.40. The molecule has 0 fully saturated rings. The molecule has 0 aromatic heterocycles. The number of non-ortho nitro benzene ring substituents is 1. The van der Waals surface area contributed by atoms with Gasteiger partial charge in [0.15, 0.2) is 0 Å². The number of benzene rings is 1. The second-order valence-corrected chi connectivity index (χ2v) is 3.85. The zero-order valence-electron chi connectivity index (χ0n) is 10.7. The van der Waals surface area contributed by atoms with E-state index in [1.54, 1.807) is 0 Å². The van der Waals surface area contributed by atoms with Gasteiger partial charge in [-0.2, -0.15) is 0 Å². The average molecular weight is 278 g/mol. The minimum absolute atomic E-state index is 0.0333. The molecule has 0 saturated heterocycles. The van der Waals surface area contributed by atoms with E-state index in [1.165, 1.54) is 24.3 Å². The van der Waals surface area contributed by atoms with E-state index in [-0.39, 0.29) is 11.7 Å². The first-order valence-electron chi connectivity index (χ1n) is 5.93. The molecule has 2 amide bonds. The molecule has 0 radical (unpaired) electrons. The fraction of sp³-hybridized carbons (Fsp3) is 0.364. The fourth-order valence-electron chi connectivity index (χ4n) is 1.40. The summed E-state index contributed by atoms with van der Waals surface area (Å²) in [5.41, 5.74) is 8.51. The van der Waals surface area contributed by atoms with Crippen LogP contribution < -0.4 is 10.6 Å². The molecule has 0 aliphatic rings. The van der Waals surface area contributed by atoms with E-state index in [2.05, 4.69) is 20.7 Å². The van der Waals surface area contributed by atoms with Gasteiger partial charge in [0, 0.05) is 35.8 Å². The Labute approximate surface area is 114 Å². The Balaban J connectivity index is 2.28. The number of nitro benzene ring substituents is 1. The van der Waals surface area contributed by atoms with Crippen molar-refractivity contribution < 1.29 is 9.72 Å². The van der Waals surface area contributed by atoms with Crippen LogP contribution in [-0.2, 0) is 0 Å². The summed E-state index contributed by atoms with van der Waals surface area (Å²) in [7, 11) is 0. The molecule has 0 spiro atoms. The number of amides is 2. The smallest absolute Gasteiger partial charge is 0.319 e. The number of urea groups is 1. The first-order valence-corrected chi connectivity index (χ1v) is 5.93. The number of nitrogens with one attached hydrogen (secondary N) is 2. The van der Waals surface area contributed by atoms with Crippen molar-refractivity contribution >= 4 is 17.4 Å². The molecular weight excluding hydrogens is 264 g/mol. The van der Waals surface area contributed by atoms with E-state index in [1.807, 2.05) is 0 Å². The van der Waals surface area contributed by atoms with Crippen LogP contribution in [0, 0.1) is 10.1 Å². The van der Waals surface area contributed by atoms with E-state index >= 15 is 0 Å². The summed E-state index contributed by atoms with van der Waals surface area (Å²) in [6.45, 7) is 0.863. The number of nitrogens with zero attached hydrogens (tertiary/aromatic N) is 4.